The van der Waals surface area contributed by atoms with E-state index in [-0.39, 0.29) is 29.1 Å². The molecule has 1 N–H and O–H groups in total. The molecule has 0 aliphatic carbocycles. The number of anilines is 1. The molecular formula is C28H31BrClN3O5S. The molecular weight excluding hydrogens is 606 g/mol. The van der Waals surface area contributed by atoms with E-state index in [1.165, 1.54) is 42.3 Å². The molecule has 39 heavy (non-hydrogen) atoms. The van der Waals surface area contributed by atoms with Crippen molar-refractivity contribution >= 4 is 55.1 Å². The van der Waals surface area contributed by atoms with Gasteiger partial charge >= 0.3 is 0 Å². The highest BCUT2D eigenvalue weighted by Crippen LogP contribution is 2.28. The van der Waals surface area contributed by atoms with Crippen LogP contribution >= 0.6 is 27.5 Å². The van der Waals surface area contributed by atoms with E-state index in [9.17, 15) is 18.0 Å². The summed E-state index contributed by atoms with van der Waals surface area (Å²) in [6.45, 7) is 4.81. The van der Waals surface area contributed by atoms with Gasteiger partial charge < -0.3 is 15.0 Å². The number of halogens is 2. The van der Waals surface area contributed by atoms with Crippen LogP contribution in [0.4, 0.5) is 5.69 Å². The van der Waals surface area contributed by atoms with Crippen LogP contribution in [-0.4, -0.2) is 50.9 Å². The van der Waals surface area contributed by atoms with Gasteiger partial charge in [0.15, 0.2) is 0 Å². The van der Waals surface area contributed by atoms with Crippen LogP contribution in [0.5, 0.6) is 5.75 Å². The summed E-state index contributed by atoms with van der Waals surface area (Å²) >= 11 is 9.63. The van der Waals surface area contributed by atoms with Crippen molar-refractivity contribution in [3.05, 3.63) is 87.9 Å². The quantitative estimate of drug-likeness (QED) is 0.310. The van der Waals surface area contributed by atoms with Gasteiger partial charge in [0.05, 0.1) is 17.7 Å². The van der Waals surface area contributed by atoms with Gasteiger partial charge in [0, 0.05) is 22.1 Å². The Kier molecular flexibility index (Phi) is 10.4. The first-order valence-corrected chi connectivity index (χ1v) is 14.8. The van der Waals surface area contributed by atoms with Crippen LogP contribution in [-0.2, 0) is 26.2 Å². The molecule has 0 aliphatic heterocycles. The number of nitrogens with one attached hydrogen (secondary N) is 1. The number of benzene rings is 3. The topological polar surface area (TPSA) is 96.0 Å². The number of carbonyl (C=O) groups excluding carboxylic acids is 2. The number of amides is 2. The number of ether oxygens (including phenoxy) is 1. The summed E-state index contributed by atoms with van der Waals surface area (Å²) in [4.78, 5) is 28.2. The summed E-state index contributed by atoms with van der Waals surface area (Å²) in [6, 6.07) is 18.5. The lowest BCUT2D eigenvalue weighted by Crippen LogP contribution is -2.52. The fourth-order valence-corrected chi connectivity index (χ4v) is 5.89. The molecule has 3 aromatic rings. The standard InChI is InChI=1S/C28H31BrClN3O5S/c1-19(2)31-28(35)20(3)32(17-21-7-5-8-22(29)15-21)27(34)18-33(24-10-6-9-23(30)16-24)39(36,37)26-13-11-25(38-4)12-14-26/h5-16,19-20H,17-18H2,1-4H3,(H,31,35). The zero-order chi connectivity index (χ0) is 28.7. The molecule has 8 nitrogen and oxygen atoms in total. The second-order valence-corrected chi connectivity index (χ2v) is 12.4. The largest absolute Gasteiger partial charge is 0.497 e. The van der Waals surface area contributed by atoms with Crippen LogP contribution in [0.1, 0.15) is 26.3 Å². The summed E-state index contributed by atoms with van der Waals surface area (Å²) < 4.78 is 34.6. The highest BCUT2D eigenvalue weighted by atomic mass is 79.9. The van der Waals surface area contributed by atoms with Crippen molar-refractivity contribution in [1.29, 1.82) is 0 Å². The fourth-order valence-electron chi connectivity index (χ4n) is 3.85. The molecule has 0 spiro atoms. The Morgan fingerprint density at radius 2 is 1.67 bits per heavy atom. The van der Waals surface area contributed by atoms with Crippen molar-refractivity contribution in [3.8, 4) is 5.75 Å². The molecule has 2 amide bonds. The summed E-state index contributed by atoms with van der Waals surface area (Å²) in [5.74, 6) is -0.413. The monoisotopic (exact) mass is 635 g/mol. The van der Waals surface area contributed by atoms with Crippen LogP contribution in [0, 0.1) is 0 Å². The maximum Gasteiger partial charge on any atom is 0.264 e. The van der Waals surface area contributed by atoms with E-state index in [0.29, 0.717) is 10.8 Å². The number of carbonyl (C=O) groups is 2. The summed E-state index contributed by atoms with van der Waals surface area (Å²) in [7, 11) is -2.72. The Labute approximate surface area is 243 Å². The molecule has 3 aromatic carbocycles. The van der Waals surface area contributed by atoms with Crippen molar-refractivity contribution in [2.24, 2.45) is 0 Å². The number of hydrogen-bond donors (Lipinski definition) is 1. The summed E-state index contributed by atoms with van der Waals surface area (Å²) in [5.41, 5.74) is 0.989. The number of nitrogens with zero attached hydrogens (tertiary/aromatic N) is 2. The van der Waals surface area contributed by atoms with Crippen molar-refractivity contribution in [3.63, 3.8) is 0 Å². The lowest BCUT2D eigenvalue weighted by Gasteiger charge is -2.32. The second-order valence-electron chi connectivity index (χ2n) is 9.16. The van der Waals surface area contributed by atoms with Crippen LogP contribution in [0.2, 0.25) is 5.02 Å². The Bertz CT molecular complexity index is 1420. The van der Waals surface area contributed by atoms with Gasteiger partial charge in [-0.05, 0) is 80.9 Å². The number of rotatable bonds is 11. The third kappa shape index (κ3) is 7.97. The average molecular weight is 637 g/mol. The average Bonchev–Trinajstić information content (AvgIpc) is 2.89. The number of methoxy groups -OCH3 is 1. The minimum Gasteiger partial charge on any atom is -0.497 e. The van der Waals surface area contributed by atoms with E-state index < -0.39 is 28.5 Å². The lowest BCUT2D eigenvalue weighted by molar-refractivity contribution is -0.139. The van der Waals surface area contributed by atoms with Gasteiger partial charge in [-0.3, -0.25) is 13.9 Å². The molecule has 1 unspecified atom stereocenters. The maximum absolute atomic E-state index is 13.9. The van der Waals surface area contributed by atoms with Crippen molar-refractivity contribution < 1.29 is 22.7 Å². The number of sulfonamides is 1. The third-order valence-corrected chi connectivity index (χ3v) is 8.38. The molecule has 0 radical (unpaired) electrons. The lowest BCUT2D eigenvalue weighted by atomic mass is 10.1. The summed E-state index contributed by atoms with van der Waals surface area (Å²) in [6.07, 6.45) is 0. The molecule has 3 rings (SSSR count). The van der Waals surface area contributed by atoms with Crippen LogP contribution in [0.15, 0.2) is 82.2 Å². The second kappa shape index (κ2) is 13.3. The predicted octanol–water partition coefficient (Wildman–Crippen LogP) is 5.25. The van der Waals surface area contributed by atoms with E-state index >= 15 is 0 Å². The maximum atomic E-state index is 13.9. The Balaban J connectivity index is 2.04. The van der Waals surface area contributed by atoms with E-state index in [4.69, 9.17) is 16.3 Å². The molecule has 0 fully saturated rings. The Morgan fingerprint density at radius 3 is 2.26 bits per heavy atom. The molecule has 0 bridgehead atoms. The van der Waals surface area contributed by atoms with Gasteiger partial charge in [-0.25, -0.2) is 8.42 Å². The third-order valence-electron chi connectivity index (χ3n) is 5.86. The molecule has 0 saturated heterocycles. The number of hydrogen-bond acceptors (Lipinski definition) is 5. The molecule has 0 saturated carbocycles. The Morgan fingerprint density at radius 1 is 1.00 bits per heavy atom. The molecule has 0 aromatic heterocycles. The predicted molar refractivity (Wildman–Crippen MR) is 156 cm³/mol. The minimum absolute atomic E-state index is 0.0276. The normalized spacial score (nSPS) is 12.1. The zero-order valence-corrected chi connectivity index (χ0v) is 25.3. The van der Waals surface area contributed by atoms with Crippen molar-refractivity contribution in [2.45, 2.75) is 44.3 Å². The molecule has 1 atom stereocenters. The highest BCUT2D eigenvalue weighted by molar-refractivity contribution is 9.10. The zero-order valence-electron chi connectivity index (χ0n) is 22.1. The minimum atomic E-state index is -4.21. The van der Waals surface area contributed by atoms with E-state index in [2.05, 4.69) is 21.2 Å². The smallest absolute Gasteiger partial charge is 0.264 e. The SMILES string of the molecule is COc1ccc(S(=O)(=O)N(CC(=O)N(Cc2cccc(Br)c2)C(C)C(=O)NC(C)C)c2cccc(Cl)c2)cc1. The Hall–Kier alpha value is -3.08. The molecule has 0 aliphatic rings. The van der Waals surface area contributed by atoms with Crippen LogP contribution in [0.3, 0.4) is 0 Å². The molecule has 11 heteroatoms. The van der Waals surface area contributed by atoms with Gasteiger partial charge in [0.1, 0.15) is 18.3 Å². The highest BCUT2D eigenvalue weighted by Gasteiger charge is 2.32. The van der Waals surface area contributed by atoms with E-state index in [1.807, 2.05) is 38.1 Å². The van der Waals surface area contributed by atoms with Crippen LogP contribution < -0.4 is 14.4 Å². The van der Waals surface area contributed by atoms with Crippen molar-refractivity contribution in [1.82, 2.24) is 10.2 Å². The first-order valence-electron chi connectivity index (χ1n) is 12.2. The van der Waals surface area contributed by atoms with Gasteiger partial charge in [0.25, 0.3) is 10.0 Å². The van der Waals surface area contributed by atoms with E-state index in [0.717, 1.165) is 14.3 Å². The van der Waals surface area contributed by atoms with Crippen LogP contribution in [0.25, 0.3) is 0 Å². The first kappa shape index (κ1) is 30.5. The van der Waals surface area contributed by atoms with Gasteiger partial charge in [0.2, 0.25) is 11.8 Å². The molecule has 0 heterocycles. The van der Waals surface area contributed by atoms with E-state index in [1.54, 1.807) is 25.1 Å². The van der Waals surface area contributed by atoms with Gasteiger partial charge in [-0.15, -0.1) is 0 Å². The fraction of sp³-hybridized carbons (Fsp3) is 0.286. The molecule has 208 valence electrons. The van der Waals surface area contributed by atoms with Gasteiger partial charge in [-0.2, -0.15) is 0 Å². The first-order chi connectivity index (χ1) is 18.4. The van der Waals surface area contributed by atoms with Gasteiger partial charge in [-0.1, -0.05) is 45.7 Å². The van der Waals surface area contributed by atoms with Crippen molar-refractivity contribution in [2.75, 3.05) is 18.0 Å². The summed E-state index contributed by atoms with van der Waals surface area (Å²) in [5, 5.41) is 3.14.